The first-order chi connectivity index (χ1) is 14.5. The second-order valence-electron chi connectivity index (χ2n) is 7.90. The molecular formula is C23H31N3O4S. The molecular weight excluding hydrogens is 414 g/mol. The van der Waals surface area contributed by atoms with Gasteiger partial charge in [0.1, 0.15) is 0 Å². The highest BCUT2D eigenvalue weighted by atomic mass is 32.2. The van der Waals surface area contributed by atoms with Gasteiger partial charge in [0.2, 0.25) is 21.8 Å². The summed E-state index contributed by atoms with van der Waals surface area (Å²) >= 11 is 0. The number of rotatable bonds is 9. The molecule has 0 aromatic heterocycles. The van der Waals surface area contributed by atoms with Gasteiger partial charge in [-0.15, -0.1) is 0 Å². The van der Waals surface area contributed by atoms with Crippen LogP contribution < -0.4 is 10.6 Å². The van der Waals surface area contributed by atoms with Crippen molar-refractivity contribution in [3.05, 3.63) is 65.2 Å². The maximum absolute atomic E-state index is 12.5. The molecule has 0 aliphatic rings. The Kier molecular flexibility index (Phi) is 8.36. The van der Waals surface area contributed by atoms with Crippen LogP contribution in [-0.2, 0) is 26.2 Å². The number of aryl methyl sites for hydroxylation is 1. The lowest BCUT2D eigenvalue weighted by molar-refractivity contribution is -0.122. The molecule has 0 saturated heterocycles. The summed E-state index contributed by atoms with van der Waals surface area (Å²) in [5, 5.41) is 5.65. The number of amides is 2. The maximum atomic E-state index is 12.5. The summed E-state index contributed by atoms with van der Waals surface area (Å²) in [4.78, 5) is 24.2. The van der Waals surface area contributed by atoms with Crippen LogP contribution in [-0.4, -0.2) is 37.6 Å². The van der Waals surface area contributed by atoms with Crippen molar-refractivity contribution in [2.75, 3.05) is 7.05 Å². The van der Waals surface area contributed by atoms with Gasteiger partial charge in [0.15, 0.2) is 0 Å². The van der Waals surface area contributed by atoms with Gasteiger partial charge in [-0.3, -0.25) is 9.59 Å². The number of hydrogen-bond acceptors (Lipinski definition) is 4. The quantitative estimate of drug-likeness (QED) is 0.620. The number of nitrogens with one attached hydrogen (secondary N) is 2. The van der Waals surface area contributed by atoms with Crippen LogP contribution in [0, 0.1) is 6.92 Å². The van der Waals surface area contributed by atoms with Crippen molar-refractivity contribution in [1.29, 1.82) is 0 Å². The summed E-state index contributed by atoms with van der Waals surface area (Å²) in [6, 6.07) is 13.6. The Hall–Kier alpha value is -2.71. The molecule has 2 rings (SSSR count). The number of benzene rings is 2. The van der Waals surface area contributed by atoms with Crippen molar-refractivity contribution in [2.45, 2.75) is 57.6 Å². The van der Waals surface area contributed by atoms with E-state index in [9.17, 15) is 18.0 Å². The van der Waals surface area contributed by atoms with E-state index in [1.807, 2.05) is 45.0 Å². The largest absolute Gasteiger partial charge is 0.352 e. The van der Waals surface area contributed by atoms with Crippen molar-refractivity contribution < 1.29 is 18.0 Å². The first kappa shape index (κ1) is 24.6. The third-order valence-electron chi connectivity index (χ3n) is 5.06. The van der Waals surface area contributed by atoms with Crippen molar-refractivity contribution in [1.82, 2.24) is 14.9 Å². The molecule has 7 nitrogen and oxygen atoms in total. The second kappa shape index (κ2) is 10.5. The number of carbonyl (C=O) groups is 2. The zero-order valence-corrected chi connectivity index (χ0v) is 19.5. The fraction of sp³-hybridized carbons (Fsp3) is 0.391. The molecule has 2 aromatic rings. The Labute approximate surface area is 184 Å². The molecule has 0 spiro atoms. The van der Waals surface area contributed by atoms with Crippen molar-refractivity contribution in [3.63, 3.8) is 0 Å². The second-order valence-corrected chi connectivity index (χ2v) is 9.90. The Morgan fingerprint density at radius 1 is 1.00 bits per heavy atom. The van der Waals surface area contributed by atoms with E-state index >= 15 is 0 Å². The summed E-state index contributed by atoms with van der Waals surface area (Å²) < 4.78 is 26.4. The molecule has 0 bridgehead atoms. The fourth-order valence-corrected chi connectivity index (χ4v) is 4.35. The van der Waals surface area contributed by atoms with Crippen molar-refractivity contribution in [2.24, 2.45) is 0 Å². The van der Waals surface area contributed by atoms with Crippen LogP contribution in [0.1, 0.15) is 49.9 Å². The zero-order valence-electron chi connectivity index (χ0n) is 18.7. The van der Waals surface area contributed by atoms with Crippen LogP contribution in [0.25, 0.3) is 0 Å². The van der Waals surface area contributed by atoms with Gasteiger partial charge in [-0.2, -0.15) is 4.31 Å². The normalized spacial score (nSPS) is 12.6. The Morgan fingerprint density at radius 2 is 1.58 bits per heavy atom. The van der Waals surface area contributed by atoms with Crippen molar-refractivity contribution in [3.8, 4) is 0 Å². The van der Waals surface area contributed by atoms with E-state index in [0.717, 1.165) is 16.7 Å². The van der Waals surface area contributed by atoms with Gasteiger partial charge in [-0.05, 0) is 44.0 Å². The minimum atomic E-state index is -3.54. The maximum Gasteiger partial charge on any atom is 0.243 e. The van der Waals surface area contributed by atoms with Crippen LogP contribution in [0.2, 0.25) is 0 Å². The van der Waals surface area contributed by atoms with Crippen LogP contribution in [0.4, 0.5) is 0 Å². The van der Waals surface area contributed by atoms with E-state index in [-0.39, 0.29) is 35.7 Å². The van der Waals surface area contributed by atoms with Gasteiger partial charge in [0, 0.05) is 26.6 Å². The molecule has 168 valence electrons. The van der Waals surface area contributed by atoms with E-state index in [2.05, 4.69) is 10.6 Å². The van der Waals surface area contributed by atoms with Crippen LogP contribution in [0.3, 0.4) is 0 Å². The standard InChI is InChI=1S/C23H31N3O4S/c1-16(2)26(5)31(29,30)21-12-8-19(9-13-21)15-24-23(28)14-22(25-18(4)27)20-10-6-17(3)7-11-20/h6-13,16,22H,14-15H2,1-5H3,(H,24,28)(H,25,27). The molecule has 8 heteroatoms. The molecule has 1 unspecified atom stereocenters. The number of carbonyl (C=O) groups excluding carboxylic acids is 2. The van der Waals surface area contributed by atoms with E-state index in [1.54, 1.807) is 31.3 Å². The fourth-order valence-electron chi connectivity index (χ4n) is 2.98. The van der Waals surface area contributed by atoms with Gasteiger partial charge in [0.05, 0.1) is 17.4 Å². The molecule has 1 atom stereocenters. The Morgan fingerprint density at radius 3 is 2.10 bits per heavy atom. The SMILES string of the molecule is CC(=O)NC(CC(=O)NCc1ccc(S(=O)(=O)N(C)C(C)C)cc1)c1ccc(C)cc1. The number of hydrogen-bond donors (Lipinski definition) is 2. The molecule has 0 heterocycles. The Balaban J connectivity index is 2.01. The molecule has 2 amide bonds. The first-order valence-electron chi connectivity index (χ1n) is 10.2. The average molecular weight is 446 g/mol. The lowest BCUT2D eigenvalue weighted by Gasteiger charge is -2.21. The minimum absolute atomic E-state index is 0.105. The highest BCUT2D eigenvalue weighted by Crippen LogP contribution is 2.19. The molecule has 0 saturated carbocycles. The topological polar surface area (TPSA) is 95.6 Å². The smallest absolute Gasteiger partial charge is 0.243 e. The molecule has 0 aliphatic heterocycles. The average Bonchev–Trinajstić information content (AvgIpc) is 2.71. The van der Waals surface area contributed by atoms with Gasteiger partial charge in [-0.25, -0.2) is 8.42 Å². The predicted molar refractivity (Wildman–Crippen MR) is 121 cm³/mol. The lowest BCUT2D eigenvalue weighted by Crippen LogP contribution is -2.33. The van der Waals surface area contributed by atoms with Crippen molar-refractivity contribution >= 4 is 21.8 Å². The van der Waals surface area contributed by atoms with Crippen LogP contribution >= 0.6 is 0 Å². The Bertz CT molecular complexity index is 1000. The molecule has 31 heavy (non-hydrogen) atoms. The minimum Gasteiger partial charge on any atom is -0.352 e. The molecule has 2 aromatic carbocycles. The molecule has 0 aliphatic carbocycles. The summed E-state index contributed by atoms with van der Waals surface area (Å²) in [6.45, 7) is 7.28. The summed E-state index contributed by atoms with van der Waals surface area (Å²) in [6.07, 6.45) is 0.105. The van der Waals surface area contributed by atoms with E-state index < -0.39 is 16.1 Å². The molecule has 2 N–H and O–H groups in total. The summed E-state index contributed by atoms with van der Waals surface area (Å²) in [5.41, 5.74) is 2.74. The monoisotopic (exact) mass is 445 g/mol. The number of sulfonamides is 1. The van der Waals surface area contributed by atoms with E-state index in [0.29, 0.717) is 0 Å². The first-order valence-corrected chi connectivity index (χ1v) is 11.6. The predicted octanol–water partition coefficient (Wildman–Crippen LogP) is 2.91. The van der Waals surface area contributed by atoms with Gasteiger partial charge in [0.25, 0.3) is 0 Å². The third kappa shape index (κ3) is 6.90. The van der Waals surface area contributed by atoms with E-state index in [1.165, 1.54) is 11.2 Å². The third-order valence-corrected chi connectivity index (χ3v) is 7.11. The molecule has 0 fully saturated rings. The summed E-state index contributed by atoms with van der Waals surface area (Å²) in [5.74, 6) is -0.419. The van der Waals surface area contributed by atoms with Crippen LogP contribution in [0.5, 0.6) is 0 Å². The highest BCUT2D eigenvalue weighted by Gasteiger charge is 2.23. The lowest BCUT2D eigenvalue weighted by atomic mass is 10.0. The molecule has 0 radical (unpaired) electrons. The van der Waals surface area contributed by atoms with E-state index in [4.69, 9.17) is 0 Å². The highest BCUT2D eigenvalue weighted by molar-refractivity contribution is 7.89. The zero-order chi connectivity index (χ0) is 23.2. The number of nitrogens with zero attached hydrogens (tertiary/aromatic N) is 1. The van der Waals surface area contributed by atoms with Gasteiger partial charge < -0.3 is 10.6 Å². The van der Waals surface area contributed by atoms with Crippen LogP contribution in [0.15, 0.2) is 53.4 Å². The van der Waals surface area contributed by atoms with Gasteiger partial charge >= 0.3 is 0 Å². The van der Waals surface area contributed by atoms with Gasteiger partial charge in [-0.1, -0.05) is 42.0 Å². The summed E-state index contributed by atoms with van der Waals surface area (Å²) in [7, 11) is -1.99.